The Morgan fingerprint density at radius 2 is 1.40 bits per heavy atom. The van der Waals surface area contributed by atoms with Gasteiger partial charge in [0.1, 0.15) is 5.60 Å². The van der Waals surface area contributed by atoms with E-state index in [1.807, 2.05) is 13.8 Å². The Hall–Kier alpha value is -0.343. The molecule has 0 saturated heterocycles. The third-order valence-corrected chi connectivity index (χ3v) is 13.5. The van der Waals surface area contributed by atoms with Gasteiger partial charge in [0.05, 0.1) is 0 Å². The van der Waals surface area contributed by atoms with Gasteiger partial charge in [-0.05, 0) is 101 Å². The summed E-state index contributed by atoms with van der Waals surface area (Å²) in [6.07, 6.45) is 21.3. The van der Waals surface area contributed by atoms with Gasteiger partial charge in [-0.3, -0.25) is 0 Å². The standard InChI is InChI=1S/C27H50O2Si.C4H10O/c1-8-12-23-13-15-24(16-14-23)25-17-19-27(9-2,20-18-25)28-21-10-11-22-29-30(6,7)26(3,4)5;1-3-5-4-2/h2,23-25H,8,10-22H2,1,3-7H3;3-4H2,1-2H3. The fraction of sp³-hybridized carbons (Fsp3) is 0.935. The van der Waals surface area contributed by atoms with Crippen LogP contribution in [0.1, 0.15) is 119 Å². The van der Waals surface area contributed by atoms with Crippen LogP contribution >= 0.6 is 0 Å². The molecule has 0 unspecified atom stereocenters. The van der Waals surface area contributed by atoms with E-state index in [-0.39, 0.29) is 10.6 Å². The molecule has 2 rings (SSSR count). The Balaban J connectivity index is 0.00000111. The maximum atomic E-state index is 6.32. The molecular weight excluding hydrogens is 448 g/mol. The lowest BCUT2D eigenvalue weighted by Gasteiger charge is -2.41. The van der Waals surface area contributed by atoms with Crippen LogP contribution in [-0.4, -0.2) is 40.3 Å². The molecule has 2 fully saturated rings. The maximum Gasteiger partial charge on any atom is 0.191 e. The van der Waals surface area contributed by atoms with Crippen LogP contribution < -0.4 is 0 Å². The lowest BCUT2D eigenvalue weighted by atomic mass is 9.68. The second-order valence-electron chi connectivity index (χ2n) is 12.5. The minimum absolute atomic E-state index is 0.283. The topological polar surface area (TPSA) is 27.7 Å². The van der Waals surface area contributed by atoms with E-state index in [2.05, 4.69) is 46.7 Å². The Morgan fingerprint density at radius 3 is 1.86 bits per heavy atom. The van der Waals surface area contributed by atoms with Gasteiger partial charge >= 0.3 is 0 Å². The predicted octanol–water partition coefficient (Wildman–Crippen LogP) is 9.02. The van der Waals surface area contributed by atoms with Crippen molar-refractivity contribution >= 4 is 8.32 Å². The summed E-state index contributed by atoms with van der Waals surface area (Å²) in [5, 5.41) is 0.283. The zero-order chi connectivity index (χ0) is 26.4. The van der Waals surface area contributed by atoms with E-state index >= 15 is 0 Å². The fourth-order valence-corrected chi connectivity index (χ4v) is 6.57. The number of hydrogen-bond donors (Lipinski definition) is 0. The first-order chi connectivity index (χ1) is 16.5. The van der Waals surface area contributed by atoms with Gasteiger partial charge in [-0.25, -0.2) is 0 Å². The summed E-state index contributed by atoms with van der Waals surface area (Å²) >= 11 is 0. The monoisotopic (exact) mass is 508 g/mol. The van der Waals surface area contributed by atoms with Crippen molar-refractivity contribution in [1.29, 1.82) is 0 Å². The number of unbranched alkanes of at least 4 members (excludes halogenated alkanes) is 1. The summed E-state index contributed by atoms with van der Waals surface area (Å²) in [5.74, 6) is 5.89. The Morgan fingerprint density at radius 1 is 0.857 bits per heavy atom. The van der Waals surface area contributed by atoms with E-state index in [0.29, 0.717) is 0 Å². The predicted molar refractivity (Wildman–Crippen MR) is 154 cm³/mol. The quantitative estimate of drug-likeness (QED) is 0.149. The number of hydrogen-bond acceptors (Lipinski definition) is 3. The fourth-order valence-electron chi connectivity index (χ4n) is 5.48. The molecule has 0 aromatic carbocycles. The van der Waals surface area contributed by atoms with Crippen LogP contribution in [0.5, 0.6) is 0 Å². The minimum atomic E-state index is -1.63. The lowest BCUT2D eigenvalue weighted by molar-refractivity contribution is -0.0446. The average Bonchev–Trinajstić information content (AvgIpc) is 2.83. The van der Waals surface area contributed by atoms with E-state index < -0.39 is 8.32 Å². The highest BCUT2D eigenvalue weighted by atomic mass is 28.4. The molecule has 0 heterocycles. The van der Waals surface area contributed by atoms with E-state index in [9.17, 15) is 0 Å². The summed E-state index contributed by atoms with van der Waals surface area (Å²) in [4.78, 5) is 0. The molecule has 0 N–H and O–H groups in total. The molecule has 0 amide bonds. The molecular formula is C31H60O3Si. The van der Waals surface area contributed by atoms with Crippen LogP contribution in [0.2, 0.25) is 18.1 Å². The summed E-state index contributed by atoms with van der Waals surface area (Å²) < 4.78 is 17.4. The normalized spacial score (nSPS) is 27.6. The van der Waals surface area contributed by atoms with Crippen LogP contribution in [0.3, 0.4) is 0 Å². The van der Waals surface area contributed by atoms with Crippen molar-refractivity contribution in [3.63, 3.8) is 0 Å². The SMILES string of the molecule is C#CC1(OCCCCO[Si](C)(C)C(C)(C)C)CCC(C2CCC(CCC)CC2)CC1.CCOCC. The van der Waals surface area contributed by atoms with Gasteiger partial charge in [0.2, 0.25) is 0 Å². The van der Waals surface area contributed by atoms with E-state index in [1.165, 1.54) is 51.4 Å². The van der Waals surface area contributed by atoms with Gasteiger partial charge in [0.15, 0.2) is 8.32 Å². The van der Waals surface area contributed by atoms with Crippen molar-refractivity contribution < 1.29 is 13.9 Å². The molecule has 0 spiro atoms. The highest BCUT2D eigenvalue weighted by Gasteiger charge is 2.38. The third-order valence-electron chi connectivity index (χ3n) is 8.95. The maximum absolute atomic E-state index is 6.32. The van der Waals surface area contributed by atoms with Crippen LogP contribution in [0.25, 0.3) is 0 Å². The molecule has 206 valence electrons. The van der Waals surface area contributed by atoms with Crippen LogP contribution in [-0.2, 0) is 13.9 Å². The molecule has 2 aliphatic carbocycles. The van der Waals surface area contributed by atoms with Crippen molar-refractivity contribution in [2.45, 2.75) is 142 Å². The lowest BCUT2D eigenvalue weighted by Crippen LogP contribution is -2.41. The molecule has 0 aromatic heterocycles. The van der Waals surface area contributed by atoms with Crippen molar-refractivity contribution in [2.24, 2.45) is 17.8 Å². The zero-order valence-corrected chi connectivity index (χ0v) is 25.8. The number of terminal acetylenes is 1. The Labute approximate surface area is 221 Å². The first kappa shape index (κ1) is 32.7. The molecule has 2 aliphatic rings. The van der Waals surface area contributed by atoms with Gasteiger partial charge in [-0.15, -0.1) is 6.42 Å². The largest absolute Gasteiger partial charge is 0.417 e. The second kappa shape index (κ2) is 16.5. The molecule has 2 saturated carbocycles. The van der Waals surface area contributed by atoms with Crippen LogP contribution in [0.15, 0.2) is 0 Å². The van der Waals surface area contributed by atoms with Gasteiger partial charge in [0, 0.05) is 26.4 Å². The number of ether oxygens (including phenoxy) is 2. The molecule has 3 nitrogen and oxygen atoms in total. The van der Waals surface area contributed by atoms with Gasteiger partial charge in [-0.2, -0.15) is 0 Å². The molecule has 0 aromatic rings. The van der Waals surface area contributed by atoms with Crippen LogP contribution in [0.4, 0.5) is 0 Å². The van der Waals surface area contributed by atoms with Crippen LogP contribution in [0, 0.1) is 30.1 Å². The summed E-state index contributed by atoms with van der Waals surface area (Å²) in [7, 11) is -1.63. The molecule has 0 atom stereocenters. The van der Waals surface area contributed by atoms with E-state index in [1.54, 1.807) is 0 Å². The highest BCUT2D eigenvalue weighted by Crippen LogP contribution is 2.44. The first-order valence-corrected chi connectivity index (χ1v) is 17.8. The average molecular weight is 509 g/mol. The zero-order valence-electron chi connectivity index (χ0n) is 24.8. The molecule has 35 heavy (non-hydrogen) atoms. The Kier molecular flexibility index (Phi) is 15.4. The van der Waals surface area contributed by atoms with Crippen molar-refractivity contribution in [3.8, 4) is 12.3 Å². The molecule has 4 heteroatoms. The first-order valence-electron chi connectivity index (χ1n) is 14.9. The molecule has 0 aliphatic heterocycles. The smallest absolute Gasteiger partial charge is 0.191 e. The summed E-state index contributed by atoms with van der Waals surface area (Å²) in [6.45, 7) is 21.2. The van der Waals surface area contributed by atoms with E-state index in [0.717, 1.165) is 69.9 Å². The Bertz CT molecular complexity index is 571. The van der Waals surface area contributed by atoms with Gasteiger partial charge in [-0.1, -0.05) is 59.3 Å². The van der Waals surface area contributed by atoms with Gasteiger partial charge < -0.3 is 13.9 Å². The highest BCUT2D eigenvalue weighted by molar-refractivity contribution is 6.74. The van der Waals surface area contributed by atoms with Crippen molar-refractivity contribution in [1.82, 2.24) is 0 Å². The van der Waals surface area contributed by atoms with Crippen molar-refractivity contribution in [2.75, 3.05) is 26.4 Å². The third kappa shape index (κ3) is 11.7. The summed E-state index contributed by atoms with van der Waals surface area (Å²) in [5.41, 5.74) is -0.295. The second-order valence-corrected chi connectivity index (χ2v) is 17.3. The number of rotatable bonds is 12. The van der Waals surface area contributed by atoms with Gasteiger partial charge in [0.25, 0.3) is 0 Å². The summed E-state index contributed by atoms with van der Waals surface area (Å²) in [6, 6.07) is 0. The minimum Gasteiger partial charge on any atom is -0.417 e. The van der Waals surface area contributed by atoms with E-state index in [4.69, 9.17) is 20.3 Å². The molecule has 0 bridgehead atoms. The van der Waals surface area contributed by atoms with Crippen molar-refractivity contribution in [3.05, 3.63) is 0 Å². The molecule has 0 radical (unpaired) electrons.